The summed E-state index contributed by atoms with van der Waals surface area (Å²) in [4.78, 5) is 0. The predicted molar refractivity (Wildman–Crippen MR) is 68.7 cm³/mol. The first-order valence-corrected chi connectivity index (χ1v) is 6.21. The molecule has 0 saturated carbocycles. The number of phenolic OH excluding ortho intramolecular Hbond substituents is 1. The van der Waals surface area contributed by atoms with Crippen LogP contribution in [-0.2, 0) is 0 Å². The summed E-state index contributed by atoms with van der Waals surface area (Å²) in [5.41, 5.74) is 0.965. The Morgan fingerprint density at radius 3 is 2.47 bits per heavy atom. The van der Waals surface area contributed by atoms with E-state index < -0.39 is 6.10 Å². The third kappa shape index (κ3) is 2.78. The fourth-order valence-corrected chi connectivity index (χ4v) is 3.01. The van der Waals surface area contributed by atoms with E-state index in [2.05, 4.69) is 9.39 Å². The number of rotatable bonds is 2. The predicted octanol–water partition coefficient (Wildman–Crippen LogP) is 0.551. The van der Waals surface area contributed by atoms with Crippen molar-refractivity contribution in [3.63, 3.8) is 0 Å². The van der Waals surface area contributed by atoms with Gasteiger partial charge in [-0.25, -0.2) is 0 Å². The van der Waals surface area contributed by atoms with Crippen LogP contribution in [-0.4, -0.2) is 45.8 Å². The van der Waals surface area contributed by atoms with Gasteiger partial charge in [-0.2, -0.15) is 0 Å². The standard InChI is InChI=1S/C12H18NO3P/c14-7-9-5-13(17)6-11(16)12(9)8-1-3-10(15)4-2-8/h1-4,9,11-12,14-16H,5-7,17H2/t9-,11-,12-/m0/s1. The molecule has 4 atom stereocenters. The zero-order valence-electron chi connectivity index (χ0n) is 9.53. The monoisotopic (exact) mass is 255 g/mol. The highest BCUT2D eigenvalue weighted by Crippen LogP contribution is 2.34. The van der Waals surface area contributed by atoms with E-state index in [9.17, 15) is 15.3 Å². The Morgan fingerprint density at radius 2 is 1.88 bits per heavy atom. The van der Waals surface area contributed by atoms with Gasteiger partial charge in [0.15, 0.2) is 0 Å². The lowest BCUT2D eigenvalue weighted by Crippen LogP contribution is -2.45. The second kappa shape index (κ2) is 5.32. The molecule has 0 aliphatic carbocycles. The summed E-state index contributed by atoms with van der Waals surface area (Å²) in [6.07, 6.45) is -0.497. The molecule has 0 spiro atoms. The first-order chi connectivity index (χ1) is 8.11. The summed E-state index contributed by atoms with van der Waals surface area (Å²) in [5.74, 6) is 0.158. The molecule has 1 unspecified atom stereocenters. The van der Waals surface area contributed by atoms with E-state index in [1.54, 1.807) is 12.1 Å². The van der Waals surface area contributed by atoms with Gasteiger partial charge in [-0.1, -0.05) is 21.5 Å². The average Bonchev–Trinajstić information content (AvgIpc) is 2.30. The Bertz CT molecular complexity index is 371. The number of aliphatic hydroxyl groups excluding tert-OH is 2. The Balaban J connectivity index is 2.24. The lowest BCUT2D eigenvalue weighted by atomic mass is 9.79. The van der Waals surface area contributed by atoms with Crippen LogP contribution in [0.4, 0.5) is 0 Å². The van der Waals surface area contributed by atoms with E-state index in [0.717, 1.165) is 12.1 Å². The summed E-state index contributed by atoms with van der Waals surface area (Å²) in [6.45, 7) is 1.37. The second-order valence-corrected chi connectivity index (χ2v) is 5.31. The van der Waals surface area contributed by atoms with Gasteiger partial charge >= 0.3 is 0 Å². The van der Waals surface area contributed by atoms with Gasteiger partial charge in [0.05, 0.1) is 6.10 Å². The van der Waals surface area contributed by atoms with E-state index >= 15 is 0 Å². The van der Waals surface area contributed by atoms with Gasteiger partial charge in [0.25, 0.3) is 0 Å². The maximum absolute atomic E-state index is 10.1. The fourth-order valence-electron chi connectivity index (χ4n) is 2.52. The van der Waals surface area contributed by atoms with Crippen LogP contribution in [0.1, 0.15) is 11.5 Å². The molecule has 4 nitrogen and oxygen atoms in total. The van der Waals surface area contributed by atoms with Crippen LogP contribution in [0.2, 0.25) is 0 Å². The van der Waals surface area contributed by atoms with E-state index in [4.69, 9.17) is 0 Å². The first-order valence-electron chi connectivity index (χ1n) is 5.69. The molecule has 0 bridgehead atoms. The van der Waals surface area contributed by atoms with Crippen LogP contribution in [0.5, 0.6) is 5.75 Å². The van der Waals surface area contributed by atoms with Gasteiger partial charge in [-0.15, -0.1) is 0 Å². The molecule has 5 heteroatoms. The minimum Gasteiger partial charge on any atom is -0.508 e. The van der Waals surface area contributed by atoms with Crippen molar-refractivity contribution in [3.8, 4) is 5.75 Å². The van der Waals surface area contributed by atoms with Gasteiger partial charge in [-0.05, 0) is 17.7 Å². The molecule has 1 fully saturated rings. The lowest BCUT2D eigenvalue weighted by molar-refractivity contribution is 0.0330. The van der Waals surface area contributed by atoms with Gasteiger partial charge in [0, 0.05) is 31.5 Å². The minimum absolute atomic E-state index is 0.0146. The molecule has 0 radical (unpaired) electrons. The third-order valence-corrected chi connectivity index (χ3v) is 3.75. The van der Waals surface area contributed by atoms with Crippen molar-refractivity contribution < 1.29 is 15.3 Å². The Labute approximate surface area is 103 Å². The largest absolute Gasteiger partial charge is 0.508 e. The number of aliphatic hydroxyl groups is 2. The van der Waals surface area contributed by atoms with Crippen LogP contribution < -0.4 is 0 Å². The van der Waals surface area contributed by atoms with Crippen molar-refractivity contribution >= 4 is 9.39 Å². The Morgan fingerprint density at radius 1 is 1.24 bits per heavy atom. The van der Waals surface area contributed by atoms with Crippen molar-refractivity contribution in [2.75, 3.05) is 19.7 Å². The topological polar surface area (TPSA) is 63.9 Å². The molecule has 1 aliphatic heterocycles. The average molecular weight is 255 g/mol. The minimum atomic E-state index is -0.497. The van der Waals surface area contributed by atoms with Crippen molar-refractivity contribution in [3.05, 3.63) is 29.8 Å². The number of hydrogen-bond donors (Lipinski definition) is 3. The van der Waals surface area contributed by atoms with E-state index in [-0.39, 0.29) is 24.2 Å². The molecular weight excluding hydrogens is 237 g/mol. The van der Waals surface area contributed by atoms with E-state index in [0.29, 0.717) is 6.54 Å². The Hall–Kier alpha value is -0.670. The fraction of sp³-hybridized carbons (Fsp3) is 0.500. The molecule has 1 aromatic carbocycles. The first kappa shape index (κ1) is 12.8. The summed E-state index contributed by atoms with van der Waals surface area (Å²) in [5, 5.41) is 28.8. The number of phenols is 1. The highest BCUT2D eigenvalue weighted by Gasteiger charge is 2.35. The molecule has 0 amide bonds. The number of nitrogens with zero attached hydrogens (tertiary/aromatic N) is 1. The van der Waals surface area contributed by atoms with Crippen molar-refractivity contribution in [1.29, 1.82) is 0 Å². The van der Waals surface area contributed by atoms with Crippen LogP contribution >= 0.6 is 9.39 Å². The molecular formula is C12H18NO3P. The number of aromatic hydroxyl groups is 1. The maximum atomic E-state index is 10.1. The van der Waals surface area contributed by atoms with Gasteiger partial charge in [0.1, 0.15) is 5.75 Å². The maximum Gasteiger partial charge on any atom is 0.115 e. The van der Waals surface area contributed by atoms with Crippen LogP contribution in [0.3, 0.4) is 0 Å². The molecule has 3 N–H and O–H groups in total. The van der Waals surface area contributed by atoms with Gasteiger partial charge in [-0.3, -0.25) is 4.67 Å². The smallest absolute Gasteiger partial charge is 0.115 e. The highest BCUT2D eigenvalue weighted by molar-refractivity contribution is 7.13. The van der Waals surface area contributed by atoms with Gasteiger partial charge in [0.2, 0.25) is 0 Å². The van der Waals surface area contributed by atoms with Crippen molar-refractivity contribution in [1.82, 2.24) is 4.67 Å². The van der Waals surface area contributed by atoms with Crippen molar-refractivity contribution in [2.24, 2.45) is 5.92 Å². The zero-order valence-corrected chi connectivity index (χ0v) is 10.7. The summed E-state index contributed by atoms with van der Waals surface area (Å²) in [7, 11) is 2.57. The summed E-state index contributed by atoms with van der Waals surface area (Å²) < 4.78 is 1.95. The Kier molecular flexibility index (Phi) is 4.00. The molecule has 2 rings (SSSR count). The van der Waals surface area contributed by atoms with Gasteiger partial charge < -0.3 is 15.3 Å². The molecule has 1 aromatic rings. The highest BCUT2D eigenvalue weighted by atomic mass is 31.0. The summed E-state index contributed by atoms with van der Waals surface area (Å²) >= 11 is 0. The van der Waals surface area contributed by atoms with E-state index in [1.807, 2.05) is 16.8 Å². The third-order valence-electron chi connectivity index (χ3n) is 3.33. The van der Waals surface area contributed by atoms with E-state index in [1.165, 1.54) is 0 Å². The zero-order chi connectivity index (χ0) is 12.4. The molecule has 1 heterocycles. The summed E-state index contributed by atoms with van der Waals surface area (Å²) in [6, 6.07) is 6.85. The number of benzene rings is 1. The molecule has 1 aliphatic rings. The number of β-amino-alcohol motifs (C(OH)–C–C–N with tert-alkyl or cyclic N) is 1. The second-order valence-electron chi connectivity index (χ2n) is 4.58. The van der Waals surface area contributed by atoms with Crippen LogP contribution in [0.15, 0.2) is 24.3 Å². The SMILES string of the molecule is OC[C@@H]1CN(P)C[C@H](O)[C@H]1c1ccc(O)cc1. The molecule has 94 valence electrons. The van der Waals surface area contributed by atoms with Crippen molar-refractivity contribution in [2.45, 2.75) is 12.0 Å². The number of hydrogen-bond acceptors (Lipinski definition) is 4. The van der Waals surface area contributed by atoms with Crippen LogP contribution in [0.25, 0.3) is 0 Å². The molecule has 17 heavy (non-hydrogen) atoms. The molecule has 1 saturated heterocycles. The normalized spacial score (nSPS) is 30.4. The van der Waals surface area contributed by atoms with Crippen LogP contribution in [0, 0.1) is 5.92 Å². The molecule has 0 aromatic heterocycles. The quantitative estimate of drug-likeness (QED) is 0.675. The number of piperidine rings is 1. The lowest BCUT2D eigenvalue weighted by Gasteiger charge is -2.39.